The SMILES string of the molecule is COc1ccc(C#C[Si](C(C)C)(C(C)C)C(C)C)c(CN)c1. The van der Waals surface area contributed by atoms with Gasteiger partial charge in [-0.05, 0) is 40.4 Å². The smallest absolute Gasteiger partial charge is 0.146 e. The first-order valence-corrected chi connectivity index (χ1v) is 10.4. The average Bonchev–Trinajstić information content (AvgIpc) is 2.46. The minimum atomic E-state index is -1.70. The van der Waals surface area contributed by atoms with E-state index in [1.807, 2.05) is 18.2 Å². The Hall–Kier alpha value is -1.24. The van der Waals surface area contributed by atoms with E-state index in [0.717, 1.165) is 16.9 Å². The van der Waals surface area contributed by atoms with Gasteiger partial charge in [0.1, 0.15) is 13.8 Å². The zero-order valence-electron chi connectivity index (χ0n) is 15.2. The lowest BCUT2D eigenvalue weighted by Crippen LogP contribution is -2.43. The van der Waals surface area contributed by atoms with Crippen LogP contribution in [0.15, 0.2) is 18.2 Å². The van der Waals surface area contributed by atoms with Crippen molar-refractivity contribution in [1.29, 1.82) is 0 Å². The van der Waals surface area contributed by atoms with Crippen molar-refractivity contribution >= 4 is 8.07 Å². The van der Waals surface area contributed by atoms with Gasteiger partial charge >= 0.3 is 0 Å². The summed E-state index contributed by atoms with van der Waals surface area (Å²) in [5, 5.41) is 0. The quantitative estimate of drug-likeness (QED) is 0.630. The summed E-state index contributed by atoms with van der Waals surface area (Å²) in [6, 6.07) is 5.99. The molecule has 3 heteroatoms. The van der Waals surface area contributed by atoms with Gasteiger partial charge in [-0.2, -0.15) is 0 Å². The van der Waals surface area contributed by atoms with Gasteiger partial charge in [-0.1, -0.05) is 47.5 Å². The molecule has 1 rings (SSSR count). The van der Waals surface area contributed by atoms with Gasteiger partial charge < -0.3 is 10.5 Å². The molecule has 0 spiro atoms. The molecule has 0 unspecified atom stereocenters. The van der Waals surface area contributed by atoms with E-state index in [0.29, 0.717) is 23.2 Å². The maximum Gasteiger partial charge on any atom is 0.146 e. The van der Waals surface area contributed by atoms with Crippen LogP contribution in [0.25, 0.3) is 0 Å². The molecule has 0 saturated heterocycles. The van der Waals surface area contributed by atoms with Crippen LogP contribution in [0.1, 0.15) is 52.7 Å². The molecule has 0 bridgehead atoms. The molecule has 0 fully saturated rings. The first-order chi connectivity index (χ1) is 10.3. The highest BCUT2D eigenvalue weighted by atomic mass is 28.3. The molecule has 0 radical (unpaired) electrons. The lowest BCUT2D eigenvalue weighted by atomic mass is 10.1. The second-order valence-corrected chi connectivity index (χ2v) is 12.5. The first-order valence-electron chi connectivity index (χ1n) is 8.19. The van der Waals surface area contributed by atoms with Crippen molar-refractivity contribution in [2.45, 2.75) is 64.7 Å². The lowest BCUT2D eigenvalue weighted by molar-refractivity contribution is 0.414. The minimum Gasteiger partial charge on any atom is -0.497 e. The van der Waals surface area contributed by atoms with Crippen molar-refractivity contribution in [2.24, 2.45) is 5.73 Å². The van der Waals surface area contributed by atoms with Crippen molar-refractivity contribution in [3.05, 3.63) is 29.3 Å². The van der Waals surface area contributed by atoms with E-state index >= 15 is 0 Å². The number of hydrogen-bond acceptors (Lipinski definition) is 2. The summed E-state index contributed by atoms with van der Waals surface area (Å²) in [5.74, 6) is 4.32. The van der Waals surface area contributed by atoms with Gasteiger partial charge in [-0.3, -0.25) is 0 Å². The minimum absolute atomic E-state index is 0.487. The van der Waals surface area contributed by atoms with Crippen LogP contribution in [0.4, 0.5) is 0 Å². The van der Waals surface area contributed by atoms with Crippen LogP contribution in [-0.4, -0.2) is 15.2 Å². The van der Waals surface area contributed by atoms with Gasteiger partial charge in [-0.25, -0.2) is 0 Å². The topological polar surface area (TPSA) is 35.2 Å². The Morgan fingerprint density at radius 2 is 1.59 bits per heavy atom. The summed E-state index contributed by atoms with van der Waals surface area (Å²) in [6.45, 7) is 14.5. The second kappa shape index (κ2) is 7.85. The highest BCUT2D eigenvalue weighted by Gasteiger charge is 2.41. The van der Waals surface area contributed by atoms with Gasteiger partial charge in [0.2, 0.25) is 0 Å². The van der Waals surface area contributed by atoms with E-state index in [4.69, 9.17) is 10.5 Å². The normalized spacial score (nSPS) is 11.8. The van der Waals surface area contributed by atoms with Crippen molar-refractivity contribution < 1.29 is 4.74 Å². The third-order valence-electron chi connectivity index (χ3n) is 4.81. The average molecular weight is 318 g/mol. The van der Waals surface area contributed by atoms with Crippen LogP contribution >= 0.6 is 0 Å². The Morgan fingerprint density at radius 1 is 1.05 bits per heavy atom. The molecular weight excluding hydrogens is 286 g/mol. The Balaban J connectivity index is 3.35. The summed E-state index contributed by atoms with van der Waals surface area (Å²) in [7, 11) is -0.0253. The summed E-state index contributed by atoms with van der Waals surface area (Å²) in [5.41, 5.74) is 13.7. The Labute approximate surface area is 137 Å². The van der Waals surface area contributed by atoms with Crippen LogP contribution < -0.4 is 10.5 Å². The molecule has 0 aliphatic rings. The molecule has 1 aromatic carbocycles. The Kier molecular flexibility index (Phi) is 6.71. The standard InChI is InChI=1S/C19H31NOSi/c1-14(2)22(15(3)4,16(5)6)11-10-17-8-9-19(21-7)12-18(17)13-20/h8-9,12,14-16H,13,20H2,1-7H3. The number of hydrogen-bond donors (Lipinski definition) is 1. The lowest BCUT2D eigenvalue weighted by Gasteiger charge is -2.38. The molecule has 0 aliphatic carbocycles. The number of ether oxygens (including phenoxy) is 1. The number of methoxy groups -OCH3 is 1. The Bertz CT molecular complexity index is 531. The summed E-state index contributed by atoms with van der Waals surface area (Å²) in [6.07, 6.45) is 0. The van der Waals surface area contributed by atoms with Crippen LogP contribution in [0.3, 0.4) is 0 Å². The second-order valence-electron chi connectivity index (χ2n) is 6.87. The van der Waals surface area contributed by atoms with Crippen LogP contribution in [0.5, 0.6) is 5.75 Å². The fraction of sp³-hybridized carbons (Fsp3) is 0.579. The Morgan fingerprint density at radius 3 is 2.00 bits per heavy atom. The molecule has 0 heterocycles. The van der Waals surface area contributed by atoms with E-state index in [1.54, 1.807) is 7.11 Å². The largest absolute Gasteiger partial charge is 0.497 e. The van der Waals surface area contributed by atoms with Gasteiger partial charge in [-0.15, -0.1) is 5.54 Å². The molecule has 0 saturated carbocycles. The predicted molar refractivity (Wildman–Crippen MR) is 98.8 cm³/mol. The van der Waals surface area contributed by atoms with E-state index in [-0.39, 0.29) is 0 Å². The molecular formula is C19H31NOSi. The molecule has 0 amide bonds. The first kappa shape index (κ1) is 18.8. The van der Waals surface area contributed by atoms with Crippen LogP contribution in [0.2, 0.25) is 16.6 Å². The van der Waals surface area contributed by atoms with Crippen LogP contribution in [-0.2, 0) is 6.54 Å². The molecule has 1 aromatic rings. The van der Waals surface area contributed by atoms with Crippen molar-refractivity contribution in [3.63, 3.8) is 0 Å². The fourth-order valence-corrected chi connectivity index (χ4v) is 8.81. The van der Waals surface area contributed by atoms with Crippen molar-refractivity contribution in [2.75, 3.05) is 7.11 Å². The number of benzene rings is 1. The van der Waals surface area contributed by atoms with E-state index in [1.165, 1.54) is 0 Å². The molecule has 0 aromatic heterocycles. The molecule has 2 N–H and O–H groups in total. The number of rotatable bonds is 5. The van der Waals surface area contributed by atoms with Gasteiger partial charge in [0.25, 0.3) is 0 Å². The van der Waals surface area contributed by atoms with Crippen molar-refractivity contribution in [3.8, 4) is 17.2 Å². The zero-order chi connectivity index (χ0) is 16.9. The molecule has 2 nitrogen and oxygen atoms in total. The highest BCUT2D eigenvalue weighted by molar-refractivity contribution is 6.90. The molecule has 22 heavy (non-hydrogen) atoms. The van der Waals surface area contributed by atoms with Gasteiger partial charge in [0, 0.05) is 12.1 Å². The van der Waals surface area contributed by atoms with Gasteiger partial charge in [0.05, 0.1) is 7.11 Å². The van der Waals surface area contributed by atoms with E-state index in [9.17, 15) is 0 Å². The molecule has 0 aliphatic heterocycles. The van der Waals surface area contributed by atoms with Crippen molar-refractivity contribution in [1.82, 2.24) is 0 Å². The van der Waals surface area contributed by atoms with E-state index in [2.05, 4.69) is 53.0 Å². The summed E-state index contributed by atoms with van der Waals surface area (Å²) >= 11 is 0. The predicted octanol–water partition coefficient (Wildman–Crippen LogP) is 4.72. The third-order valence-corrected chi connectivity index (χ3v) is 11.1. The zero-order valence-corrected chi connectivity index (χ0v) is 16.2. The molecule has 0 atom stereocenters. The highest BCUT2D eigenvalue weighted by Crippen LogP contribution is 2.40. The fourth-order valence-electron chi connectivity index (χ4n) is 3.60. The summed E-state index contributed by atoms with van der Waals surface area (Å²) in [4.78, 5) is 0. The van der Waals surface area contributed by atoms with Crippen LogP contribution in [0, 0.1) is 11.5 Å². The molecule has 122 valence electrons. The van der Waals surface area contributed by atoms with Gasteiger partial charge in [0.15, 0.2) is 0 Å². The van der Waals surface area contributed by atoms with E-state index < -0.39 is 8.07 Å². The monoisotopic (exact) mass is 317 g/mol. The maximum atomic E-state index is 5.88. The third kappa shape index (κ3) is 3.74. The maximum absolute atomic E-state index is 5.88. The summed E-state index contributed by atoms with van der Waals surface area (Å²) < 4.78 is 5.28. The number of nitrogens with two attached hydrogens (primary N) is 1.